The Hall–Kier alpha value is -2.17. The number of alkyl halides is 2. The highest BCUT2D eigenvalue weighted by molar-refractivity contribution is 5.46. The third-order valence-corrected chi connectivity index (χ3v) is 2.81. The van der Waals surface area contributed by atoms with Crippen LogP contribution in [0.3, 0.4) is 0 Å². The zero-order valence-electron chi connectivity index (χ0n) is 10.9. The summed E-state index contributed by atoms with van der Waals surface area (Å²) < 4.78 is 41.6. The molecule has 0 aliphatic rings. The van der Waals surface area contributed by atoms with E-state index in [0.717, 1.165) is 11.3 Å². The van der Waals surface area contributed by atoms with E-state index in [0.29, 0.717) is 12.1 Å². The maximum Gasteiger partial charge on any atom is 0.387 e. The van der Waals surface area contributed by atoms with Gasteiger partial charge in [0.1, 0.15) is 11.6 Å². The molecule has 0 bridgehead atoms. The molecule has 0 aromatic heterocycles. The van der Waals surface area contributed by atoms with Gasteiger partial charge in [-0.2, -0.15) is 8.78 Å². The molecule has 0 amide bonds. The predicted octanol–water partition coefficient (Wildman–Crippen LogP) is 4.35. The van der Waals surface area contributed by atoms with Gasteiger partial charge in [-0.3, -0.25) is 0 Å². The molecular formula is C15H14F3NO. The minimum atomic E-state index is -2.83. The van der Waals surface area contributed by atoms with Crippen LogP contribution >= 0.6 is 0 Å². The van der Waals surface area contributed by atoms with Crippen molar-refractivity contribution in [2.45, 2.75) is 20.1 Å². The van der Waals surface area contributed by atoms with Crippen molar-refractivity contribution in [3.05, 3.63) is 59.4 Å². The number of ether oxygens (including phenoxy) is 1. The summed E-state index contributed by atoms with van der Waals surface area (Å²) >= 11 is 0. The normalized spacial score (nSPS) is 10.7. The molecule has 1 N–H and O–H groups in total. The van der Waals surface area contributed by atoms with Crippen molar-refractivity contribution < 1.29 is 17.9 Å². The fourth-order valence-corrected chi connectivity index (χ4v) is 1.70. The second-order valence-electron chi connectivity index (χ2n) is 4.34. The van der Waals surface area contributed by atoms with Crippen LogP contribution in [0.4, 0.5) is 18.9 Å². The van der Waals surface area contributed by atoms with E-state index in [2.05, 4.69) is 10.1 Å². The zero-order chi connectivity index (χ0) is 14.5. The van der Waals surface area contributed by atoms with E-state index in [-0.39, 0.29) is 11.6 Å². The van der Waals surface area contributed by atoms with E-state index >= 15 is 0 Å². The molecule has 0 saturated heterocycles. The lowest BCUT2D eigenvalue weighted by molar-refractivity contribution is -0.0498. The number of hydrogen-bond acceptors (Lipinski definition) is 2. The number of anilines is 1. The van der Waals surface area contributed by atoms with Crippen LogP contribution in [0.1, 0.15) is 11.1 Å². The maximum atomic E-state index is 13.4. The molecule has 0 atom stereocenters. The number of aryl methyl sites for hydroxylation is 1. The summed E-state index contributed by atoms with van der Waals surface area (Å²) in [6, 6.07) is 11.2. The first kappa shape index (κ1) is 14.2. The predicted molar refractivity (Wildman–Crippen MR) is 71.5 cm³/mol. The average Bonchev–Trinajstić information content (AvgIpc) is 2.41. The van der Waals surface area contributed by atoms with E-state index in [4.69, 9.17) is 0 Å². The Morgan fingerprint density at radius 1 is 1.10 bits per heavy atom. The number of benzene rings is 2. The Labute approximate surface area is 115 Å². The van der Waals surface area contributed by atoms with Crippen LogP contribution in [0.25, 0.3) is 0 Å². The maximum absolute atomic E-state index is 13.4. The van der Waals surface area contributed by atoms with E-state index in [1.807, 2.05) is 6.07 Å². The molecule has 20 heavy (non-hydrogen) atoms. The summed E-state index contributed by atoms with van der Waals surface area (Å²) in [5.74, 6) is -0.142. The number of hydrogen-bond donors (Lipinski definition) is 1. The molecule has 0 heterocycles. The molecule has 0 aliphatic heterocycles. The lowest BCUT2D eigenvalue weighted by Gasteiger charge is -2.09. The molecular weight excluding hydrogens is 267 g/mol. The summed E-state index contributed by atoms with van der Waals surface area (Å²) in [5, 5.41) is 3.08. The standard InChI is InChI=1S/C15H14F3NO/c1-10-2-3-11(8-14(10)16)9-19-12-4-6-13(7-5-12)20-15(17)18/h2-8,15,19H,9H2,1H3. The Morgan fingerprint density at radius 3 is 2.40 bits per heavy atom. The lowest BCUT2D eigenvalue weighted by Crippen LogP contribution is -2.03. The molecule has 2 aromatic carbocycles. The van der Waals surface area contributed by atoms with Crippen LogP contribution < -0.4 is 10.1 Å². The van der Waals surface area contributed by atoms with Crippen molar-refractivity contribution in [2.24, 2.45) is 0 Å². The second kappa shape index (κ2) is 6.32. The highest BCUT2D eigenvalue weighted by Crippen LogP contribution is 2.18. The first-order valence-electron chi connectivity index (χ1n) is 6.08. The highest BCUT2D eigenvalue weighted by atomic mass is 19.3. The van der Waals surface area contributed by atoms with Gasteiger partial charge < -0.3 is 10.1 Å². The van der Waals surface area contributed by atoms with Crippen molar-refractivity contribution in [1.82, 2.24) is 0 Å². The van der Waals surface area contributed by atoms with Gasteiger partial charge in [0, 0.05) is 12.2 Å². The second-order valence-corrected chi connectivity index (χ2v) is 4.34. The molecule has 0 radical (unpaired) electrons. The number of halogens is 3. The molecule has 2 rings (SSSR count). The quantitative estimate of drug-likeness (QED) is 0.879. The molecule has 0 aliphatic carbocycles. The summed E-state index contributed by atoms with van der Waals surface area (Å²) in [4.78, 5) is 0. The third-order valence-electron chi connectivity index (χ3n) is 2.81. The van der Waals surface area contributed by atoms with Crippen LogP contribution in [0.15, 0.2) is 42.5 Å². The highest BCUT2D eigenvalue weighted by Gasteiger charge is 2.04. The van der Waals surface area contributed by atoms with Gasteiger partial charge in [-0.15, -0.1) is 0 Å². The van der Waals surface area contributed by atoms with E-state index < -0.39 is 6.61 Å². The van der Waals surface area contributed by atoms with Crippen LogP contribution in [0, 0.1) is 12.7 Å². The molecule has 0 saturated carbocycles. The van der Waals surface area contributed by atoms with Gasteiger partial charge in [0.15, 0.2) is 0 Å². The zero-order valence-corrected chi connectivity index (χ0v) is 10.9. The average molecular weight is 281 g/mol. The van der Waals surface area contributed by atoms with E-state index in [1.54, 1.807) is 25.1 Å². The first-order chi connectivity index (χ1) is 9.54. The summed E-state index contributed by atoms with van der Waals surface area (Å²) in [5.41, 5.74) is 2.15. The van der Waals surface area contributed by atoms with Gasteiger partial charge >= 0.3 is 6.61 Å². The number of nitrogens with one attached hydrogen (secondary N) is 1. The Bertz CT molecular complexity index is 570. The van der Waals surface area contributed by atoms with Gasteiger partial charge in [0.05, 0.1) is 0 Å². The minimum Gasteiger partial charge on any atom is -0.435 e. The monoisotopic (exact) mass is 281 g/mol. The van der Waals surface area contributed by atoms with Crippen molar-refractivity contribution in [1.29, 1.82) is 0 Å². The smallest absolute Gasteiger partial charge is 0.387 e. The van der Waals surface area contributed by atoms with Gasteiger partial charge in [-0.25, -0.2) is 4.39 Å². The molecule has 0 unspecified atom stereocenters. The summed E-state index contributed by atoms with van der Waals surface area (Å²) in [6.45, 7) is -0.676. The molecule has 0 spiro atoms. The van der Waals surface area contributed by atoms with Crippen LogP contribution in [0.2, 0.25) is 0 Å². The molecule has 2 nitrogen and oxygen atoms in total. The number of rotatable bonds is 5. The van der Waals surface area contributed by atoms with Crippen molar-refractivity contribution >= 4 is 5.69 Å². The van der Waals surface area contributed by atoms with E-state index in [9.17, 15) is 13.2 Å². The van der Waals surface area contributed by atoms with Crippen molar-refractivity contribution in [2.75, 3.05) is 5.32 Å². The molecule has 106 valence electrons. The largest absolute Gasteiger partial charge is 0.435 e. The Kier molecular flexibility index (Phi) is 4.50. The Morgan fingerprint density at radius 2 is 1.80 bits per heavy atom. The SMILES string of the molecule is Cc1ccc(CNc2ccc(OC(F)F)cc2)cc1F. The molecule has 5 heteroatoms. The minimum absolute atomic E-state index is 0.104. The topological polar surface area (TPSA) is 21.3 Å². The summed E-state index contributed by atoms with van der Waals surface area (Å²) in [7, 11) is 0. The van der Waals surface area contributed by atoms with Crippen LogP contribution in [0.5, 0.6) is 5.75 Å². The van der Waals surface area contributed by atoms with Crippen LogP contribution in [-0.2, 0) is 6.54 Å². The summed E-state index contributed by atoms with van der Waals surface area (Å²) in [6.07, 6.45) is 0. The van der Waals surface area contributed by atoms with Crippen molar-refractivity contribution in [3.63, 3.8) is 0 Å². The van der Waals surface area contributed by atoms with E-state index in [1.165, 1.54) is 18.2 Å². The van der Waals surface area contributed by atoms with Gasteiger partial charge in [-0.1, -0.05) is 12.1 Å². The molecule has 0 fully saturated rings. The lowest BCUT2D eigenvalue weighted by atomic mass is 10.1. The third kappa shape index (κ3) is 3.91. The van der Waals surface area contributed by atoms with Crippen molar-refractivity contribution in [3.8, 4) is 5.75 Å². The fourth-order valence-electron chi connectivity index (χ4n) is 1.70. The van der Waals surface area contributed by atoms with Gasteiger partial charge in [0.2, 0.25) is 0 Å². The van der Waals surface area contributed by atoms with Gasteiger partial charge in [-0.05, 0) is 48.4 Å². The van der Waals surface area contributed by atoms with Crippen LogP contribution in [-0.4, -0.2) is 6.61 Å². The van der Waals surface area contributed by atoms with Gasteiger partial charge in [0.25, 0.3) is 0 Å². The fraction of sp³-hybridized carbons (Fsp3) is 0.200. The molecule has 2 aromatic rings. The first-order valence-corrected chi connectivity index (χ1v) is 6.08. The Balaban J connectivity index is 1.95.